The first-order valence-electron chi connectivity index (χ1n) is 6.36. The lowest BCUT2D eigenvalue weighted by molar-refractivity contribution is -0.122. The zero-order valence-corrected chi connectivity index (χ0v) is 10.9. The summed E-state index contributed by atoms with van der Waals surface area (Å²) in [6.07, 6.45) is 5.78. The number of rotatable bonds is 3. The summed E-state index contributed by atoms with van der Waals surface area (Å²) in [7, 11) is 1.82. The van der Waals surface area contributed by atoms with Crippen molar-refractivity contribution in [1.82, 2.24) is 9.78 Å². The fourth-order valence-electron chi connectivity index (χ4n) is 2.51. The zero-order valence-electron chi connectivity index (χ0n) is 10.9. The number of carbonyl (C=O) groups excluding carboxylic acids is 1. The summed E-state index contributed by atoms with van der Waals surface area (Å²) >= 11 is 0. The molecule has 1 aromatic heterocycles. The van der Waals surface area contributed by atoms with Gasteiger partial charge in [0.05, 0.1) is 17.5 Å². The molecule has 0 atom stereocenters. The molecular formula is C13H18N4O. The molecule has 96 valence electrons. The first kappa shape index (κ1) is 12.6. The van der Waals surface area contributed by atoms with E-state index in [1.165, 1.54) is 0 Å². The van der Waals surface area contributed by atoms with Gasteiger partial charge in [-0.1, -0.05) is 19.8 Å². The van der Waals surface area contributed by atoms with E-state index >= 15 is 0 Å². The van der Waals surface area contributed by atoms with Crippen molar-refractivity contribution in [3.63, 3.8) is 0 Å². The summed E-state index contributed by atoms with van der Waals surface area (Å²) in [5.74, 6) is -0.176. The number of carbonyl (C=O) groups is 1. The van der Waals surface area contributed by atoms with E-state index < -0.39 is 5.41 Å². The topological polar surface area (TPSA) is 70.7 Å². The van der Waals surface area contributed by atoms with Crippen LogP contribution in [0.15, 0.2) is 6.20 Å². The van der Waals surface area contributed by atoms with Gasteiger partial charge in [0.2, 0.25) is 5.91 Å². The van der Waals surface area contributed by atoms with E-state index in [2.05, 4.69) is 16.5 Å². The van der Waals surface area contributed by atoms with E-state index in [4.69, 9.17) is 0 Å². The molecule has 1 amide bonds. The molecule has 1 aromatic rings. The van der Waals surface area contributed by atoms with Crippen molar-refractivity contribution >= 4 is 11.6 Å². The molecule has 1 saturated carbocycles. The number of amides is 1. The van der Waals surface area contributed by atoms with Crippen molar-refractivity contribution in [2.24, 2.45) is 12.5 Å². The molecule has 1 N–H and O–H groups in total. The van der Waals surface area contributed by atoms with Crippen LogP contribution in [-0.4, -0.2) is 15.7 Å². The van der Waals surface area contributed by atoms with Gasteiger partial charge in [-0.3, -0.25) is 9.48 Å². The van der Waals surface area contributed by atoms with Crippen molar-refractivity contribution < 1.29 is 4.79 Å². The standard InChI is InChI=1S/C13H18N4O/c1-3-10-11(8-17(2)16-10)15-12(18)13(9-14)6-4-5-7-13/h8H,3-7H2,1-2H3,(H,15,18). The lowest BCUT2D eigenvalue weighted by Crippen LogP contribution is -2.32. The number of nitriles is 1. The molecule has 0 saturated heterocycles. The smallest absolute Gasteiger partial charge is 0.244 e. The molecule has 0 unspecified atom stereocenters. The third-order valence-electron chi connectivity index (χ3n) is 3.59. The van der Waals surface area contributed by atoms with Crippen LogP contribution in [0.25, 0.3) is 0 Å². The summed E-state index contributed by atoms with van der Waals surface area (Å²) in [5, 5.41) is 16.4. The molecule has 5 nitrogen and oxygen atoms in total. The van der Waals surface area contributed by atoms with Crippen molar-refractivity contribution in [2.45, 2.75) is 39.0 Å². The largest absolute Gasteiger partial charge is 0.322 e. The Morgan fingerprint density at radius 2 is 2.28 bits per heavy atom. The van der Waals surface area contributed by atoms with E-state index in [0.29, 0.717) is 12.8 Å². The van der Waals surface area contributed by atoms with Crippen molar-refractivity contribution in [1.29, 1.82) is 5.26 Å². The molecule has 1 aliphatic rings. The van der Waals surface area contributed by atoms with Crippen LogP contribution >= 0.6 is 0 Å². The Balaban J connectivity index is 2.18. The van der Waals surface area contributed by atoms with Gasteiger partial charge in [0, 0.05) is 13.2 Å². The van der Waals surface area contributed by atoms with Crippen LogP contribution in [0.4, 0.5) is 5.69 Å². The molecule has 1 aliphatic carbocycles. The number of aryl methyl sites for hydroxylation is 2. The van der Waals surface area contributed by atoms with Gasteiger partial charge in [-0.25, -0.2) is 0 Å². The van der Waals surface area contributed by atoms with Gasteiger partial charge < -0.3 is 5.32 Å². The maximum absolute atomic E-state index is 12.3. The Hall–Kier alpha value is -1.83. The van der Waals surface area contributed by atoms with Gasteiger partial charge in [0.25, 0.3) is 0 Å². The van der Waals surface area contributed by atoms with Crippen LogP contribution < -0.4 is 5.32 Å². The van der Waals surface area contributed by atoms with Crippen LogP contribution in [0.2, 0.25) is 0 Å². The molecule has 1 heterocycles. The first-order chi connectivity index (χ1) is 8.61. The van der Waals surface area contributed by atoms with Gasteiger partial charge in [0.15, 0.2) is 0 Å². The zero-order chi connectivity index (χ0) is 13.2. The summed E-state index contributed by atoms with van der Waals surface area (Å²) in [6, 6.07) is 2.20. The molecular weight excluding hydrogens is 228 g/mol. The number of aromatic nitrogens is 2. The fourth-order valence-corrected chi connectivity index (χ4v) is 2.51. The number of anilines is 1. The Morgan fingerprint density at radius 1 is 1.61 bits per heavy atom. The van der Waals surface area contributed by atoms with Crippen molar-refractivity contribution in [2.75, 3.05) is 5.32 Å². The number of hydrogen-bond acceptors (Lipinski definition) is 3. The minimum absolute atomic E-state index is 0.176. The average Bonchev–Trinajstić information content (AvgIpc) is 2.96. The van der Waals surface area contributed by atoms with Crippen LogP contribution in [0.1, 0.15) is 38.3 Å². The normalized spacial score (nSPS) is 17.4. The van der Waals surface area contributed by atoms with Gasteiger partial charge in [-0.15, -0.1) is 0 Å². The van der Waals surface area contributed by atoms with Crippen LogP contribution in [-0.2, 0) is 18.3 Å². The van der Waals surface area contributed by atoms with E-state index in [1.54, 1.807) is 10.9 Å². The Bertz CT molecular complexity index is 492. The minimum Gasteiger partial charge on any atom is -0.322 e. The van der Waals surface area contributed by atoms with Gasteiger partial charge in [-0.05, 0) is 19.3 Å². The summed E-state index contributed by atoms with van der Waals surface area (Å²) in [4.78, 5) is 12.3. The molecule has 0 radical (unpaired) electrons. The number of nitrogens with zero attached hydrogens (tertiary/aromatic N) is 3. The molecule has 0 bridgehead atoms. The molecule has 0 aromatic carbocycles. The molecule has 5 heteroatoms. The summed E-state index contributed by atoms with van der Waals surface area (Å²) in [6.45, 7) is 1.99. The van der Waals surface area contributed by atoms with Crippen molar-refractivity contribution in [3.05, 3.63) is 11.9 Å². The van der Waals surface area contributed by atoms with E-state index in [1.807, 2.05) is 14.0 Å². The summed E-state index contributed by atoms with van der Waals surface area (Å²) < 4.78 is 1.68. The van der Waals surface area contributed by atoms with Crippen LogP contribution in [0.5, 0.6) is 0 Å². The monoisotopic (exact) mass is 246 g/mol. The third-order valence-corrected chi connectivity index (χ3v) is 3.59. The highest BCUT2D eigenvalue weighted by Crippen LogP contribution is 2.38. The van der Waals surface area contributed by atoms with E-state index in [-0.39, 0.29) is 5.91 Å². The highest BCUT2D eigenvalue weighted by atomic mass is 16.2. The lowest BCUT2D eigenvalue weighted by Gasteiger charge is -2.18. The molecule has 0 aliphatic heterocycles. The third kappa shape index (κ3) is 2.10. The Kier molecular flexibility index (Phi) is 3.37. The highest BCUT2D eigenvalue weighted by molar-refractivity contribution is 5.97. The van der Waals surface area contributed by atoms with Gasteiger partial charge in [-0.2, -0.15) is 10.4 Å². The molecule has 18 heavy (non-hydrogen) atoms. The van der Waals surface area contributed by atoms with Crippen LogP contribution in [0.3, 0.4) is 0 Å². The van der Waals surface area contributed by atoms with Gasteiger partial charge in [0.1, 0.15) is 5.41 Å². The van der Waals surface area contributed by atoms with Crippen molar-refractivity contribution in [3.8, 4) is 6.07 Å². The lowest BCUT2D eigenvalue weighted by atomic mass is 9.87. The maximum Gasteiger partial charge on any atom is 0.244 e. The van der Waals surface area contributed by atoms with Gasteiger partial charge >= 0.3 is 0 Å². The quantitative estimate of drug-likeness (QED) is 0.886. The second-order valence-corrected chi connectivity index (χ2v) is 4.87. The predicted octanol–water partition coefficient (Wildman–Crippen LogP) is 2.00. The molecule has 0 spiro atoms. The fraction of sp³-hybridized carbons (Fsp3) is 0.615. The number of hydrogen-bond donors (Lipinski definition) is 1. The van der Waals surface area contributed by atoms with E-state index in [0.717, 1.165) is 30.6 Å². The van der Waals surface area contributed by atoms with Crippen LogP contribution in [0, 0.1) is 16.7 Å². The SMILES string of the molecule is CCc1nn(C)cc1NC(=O)C1(C#N)CCCC1. The second-order valence-electron chi connectivity index (χ2n) is 4.87. The van der Waals surface area contributed by atoms with E-state index in [9.17, 15) is 10.1 Å². The predicted molar refractivity (Wildman–Crippen MR) is 67.7 cm³/mol. The summed E-state index contributed by atoms with van der Waals surface area (Å²) in [5.41, 5.74) is 0.754. The Labute approximate surface area is 107 Å². The first-order valence-corrected chi connectivity index (χ1v) is 6.36. The highest BCUT2D eigenvalue weighted by Gasteiger charge is 2.41. The minimum atomic E-state index is -0.832. The average molecular weight is 246 g/mol. The molecule has 2 rings (SSSR count). The molecule has 1 fully saturated rings. The Morgan fingerprint density at radius 3 is 2.83 bits per heavy atom. The number of nitrogens with one attached hydrogen (secondary N) is 1. The second kappa shape index (κ2) is 4.81. The maximum atomic E-state index is 12.3.